The maximum atomic E-state index is 3.68. The molecule has 0 amide bonds. The molecular formula is C15H25NS. The number of hydrogen-bond acceptors (Lipinski definition) is 2. The van der Waals surface area contributed by atoms with Crippen LogP contribution in [0.15, 0.2) is 18.2 Å². The molecule has 0 radical (unpaired) electrons. The lowest BCUT2D eigenvalue weighted by molar-refractivity contribution is 0.519. The second-order valence-electron chi connectivity index (χ2n) is 4.58. The Hall–Kier alpha value is -0.470. The minimum Gasteiger partial charge on any atom is -0.310 e. The fraction of sp³-hybridized carbons (Fsp3) is 0.600. The Morgan fingerprint density at radius 3 is 2.71 bits per heavy atom. The van der Waals surface area contributed by atoms with Crippen molar-refractivity contribution in [1.82, 2.24) is 5.32 Å². The van der Waals surface area contributed by atoms with Gasteiger partial charge in [-0.1, -0.05) is 25.1 Å². The molecule has 0 aliphatic heterocycles. The Kier molecular flexibility index (Phi) is 6.68. The van der Waals surface area contributed by atoms with Gasteiger partial charge in [0.2, 0.25) is 0 Å². The highest BCUT2D eigenvalue weighted by Gasteiger charge is 2.13. The first kappa shape index (κ1) is 14.6. The van der Waals surface area contributed by atoms with Gasteiger partial charge in [0, 0.05) is 6.04 Å². The first-order valence-electron chi connectivity index (χ1n) is 6.49. The molecule has 1 nitrogen and oxygen atoms in total. The van der Waals surface area contributed by atoms with E-state index in [4.69, 9.17) is 0 Å². The Morgan fingerprint density at radius 2 is 2.06 bits per heavy atom. The average molecular weight is 251 g/mol. The van der Waals surface area contributed by atoms with Crippen molar-refractivity contribution >= 4 is 11.8 Å². The zero-order chi connectivity index (χ0) is 12.7. The highest BCUT2D eigenvalue weighted by Crippen LogP contribution is 2.24. The summed E-state index contributed by atoms with van der Waals surface area (Å²) < 4.78 is 0. The highest BCUT2D eigenvalue weighted by molar-refractivity contribution is 7.98. The maximum absolute atomic E-state index is 3.68. The normalized spacial score (nSPS) is 12.7. The van der Waals surface area contributed by atoms with Crippen LogP contribution < -0.4 is 5.32 Å². The first-order chi connectivity index (χ1) is 8.20. The zero-order valence-electron chi connectivity index (χ0n) is 11.5. The quantitative estimate of drug-likeness (QED) is 0.783. The molecule has 0 bridgehead atoms. The molecule has 2 heteroatoms. The number of hydrogen-bond donors (Lipinski definition) is 1. The van der Waals surface area contributed by atoms with Crippen LogP contribution in [-0.2, 0) is 0 Å². The average Bonchev–Trinajstić information content (AvgIpc) is 2.34. The van der Waals surface area contributed by atoms with Crippen LogP contribution in [-0.4, -0.2) is 18.6 Å². The highest BCUT2D eigenvalue weighted by atomic mass is 32.2. The van der Waals surface area contributed by atoms with Crippen LogP contribution in [0.1, 0.15) is 42.5 Å². The van der Waals surface area contributed by atoms with E-state index in [2.05, 4.69) is 50.5 Å². The van der Waals surface area contributed by atoms with Crippen molar-refractivity contribution in [2.24, 2.45) is 0 Å². The van der Waals surface area contributed by atoms with Crippen molar-refractivity contribution < 1.29 is 0 Å². The molecule has 0 aromatic heterocycles. The van der Waals surface area contributed by atoms with Gasteiger partial charge in [-0.15, -0.1) is 0 Å². The molecule has 0 saturated carbocycles. The van der Waals surface area contributed by atoms with Crippen molar-refractivity contribution in [1.29, 1.82) is 0 Å². The topological polar surface area (TPSA) is 12.0 Å². The lowest BCUT2D eigenvalue weighted by atomic mass is 9.96. The molecule has 0 aliphatic rings. The van der Waals surface area contributed by atoms with Crippen LogP contribution in [0.5, 0.6) is 0 Å². The van der Waals surface area contributed by atoms with E-state index in [9.17, 15) is 0 Å². The predicted octanol–water partition coefficient (Wildman–Crippen LogP) is 4.10. The summed E-state index contributed by atoms with van der Waals surface area (Å²) in [6.07, 6.45) is 4.59. The second kappa shape index (κ2) is 7.78. The third-order valence-corrected chi connectivity index (χ3v) is 3.92. The van der Waals surface area contributed by atoms with Gasteiger partial charge in [-0.05, 0) is 61.9 Å². The van der Waals surface area contributed by atoms with Crippen molar-refractivity contribution in [2.75, 3.05) is 18.6 Å². The molecule has 0 saturated heterocycles. The van der Waals surface area contributed by atoms with Gasteiger partial charge in [0.15, 0.2) is 0 Å². The Morgan fingerprint density at radius 1 is 1.29 bits per heavy atom. The standard InChI is InChI=1S/C15H25NS/c1-5-10-16-15(9-11-17-4)14-8-6-7-12(2)13(14)3/h6-8,15-16H,5,9-11H2,1-4H3. The van der Waals surface area contributed by atoms with E-state index in [1.54, 1.807) is 0 Å². The van der Waals surface area contributed by atoms with Gasteiger partial charge >= 0.3 is 0 Å². The second-order valence-corrected chi connectivity index (χ2v) is 5.56. The molecule has 1 atom stereocenters. The van der Waals surface area contributed by atoms with Crippen LogP contribution in [0.3, 0.4) is 0 Å². The maximum Gasteiger partial charge on any atom is 0.0330 e. The van der Waals surface area contributed by atoms with Crippen LogP contribution >= 0.6 is 11.8 Å². The molecule has 1 aromatic carbocycles. The molecular weight excluding hydrogens is 226 g/mol. The number of thioether (sulfide) groups is 1. The Balaban J connectivity index is 2.83. The summed E-state index contributed by atoms with van der Waals surface area (Å²) in [5.74, 6) is 1.22. The van der Waals surface area contributed by atoms with Gasteiger partial charge in [0.1, 0.15) is 0 Å². The fourth-order valence-corrected chi connectivity index (χ4v) is 2.54. The van der Waals surface area contributed by atoms with E-state index in [0.29, 0.717) is 6.04 Å². The van der Waals surface area contributed by atoms with Gasteiger partial charge < -0.3 is 5.32 Å². The lowest BCUT2D eigenvalue weighted by Crippen LogP contribution is -2.23. The largest absolute Gasteiger partial charge is 0.310 e. The van der Waals surface area contributed by atoms with E-state index >= 15 is 0 Å². The molecule has 17 heavy (non-hydrogen) atoms. The van der Waals surface area contributed by atoms with Crippen molar-refractivity contribution in [3.63, 3.8) is 0 Å². The number of aryl methyl sites for hydroxylation is 1. The van der Waals surface area contributed by atoms with E-state index in [-0.39, 0.29) is 0 Å². The van der Waals surface area contributed by atoms with Crippen LogP contribution in [0.25, 0.3) is 0 Å². The third kappa shape index (κ3) is 4.36. The van der Waals surface area contributed by atoms with E-state index < -0.39 is 0 Å². The molecule has 0 aliphatic carbocycles. The van der Waals surface area contributed by atoms with E-state index in [1.165, 1.54) is 35.3 Å². The van der Waals surface area contributed by atoms with Crippen molar-refractivity contribution in [3.8, 4) is 0 Å². The molecule has 96 valence electrons. The molecule has 1 N–H and O–H groups in total. The first-order valence-corrected chi connectivity index (χ1v) is 7.88. The van der Waals surface area contributed by atoms with Crippen LogP contribution in [0, 0.1) is 13.8 Å². The van der Waals surface area contributed by atoms with E-state index in [1.807, 2.05) is 11.8 Å². The summed E-state index contributed by atoms with van der Waals surface area (Å²) in [4.78, 5) is 0. The number of rotatable bonds is 7. The van der Waals surface area contributed by atoms with Gasteiger partial charge in [-0.25, -0.2) is 0 Å². The van der Waals surface area contributed by atoms with Gasteiger partial charge in [0.25, 0.3) is 0 Å². The molecule has 0 heterocycles. The summed E-state index contributed by atoms with van der Waals surface area (Å²) in [6.45, 7) is 7.77. The molecule has 0 spiro atoms. The molecule has 1 aromatic rings. The monoisotopic (exact) mass is 251 g/mol. The van der Waals surface area contributed by atoms with Crippen LogP contribution in [0.2, 0.25) is 0 Å². The third-order valence-electron chi connectivity index (χ3n) is 3.27. The minimum atomic E-state index is 0.516. The fourth-order valence-electron chi connectivity index (χ4n) is 2.07. The van der Waals surface area contributed by atoms with Crippen LogP contribution in [0.4, 0.5) is 0 Å². The summed E-state index contributed by atoms with van der Waals surface area (Å²) in [5.41, 5.74) is 4.32. The van der Waals surface area contributed by atoms with E-state index in [0.717, 1.165) is 6.54 Å². The minimum absolute atomic E-state index is 0.516. The SMILES string of the molecule is CCCNC(CCSC)c1cccc(C)c1C. The number of nitrogens with one attached hydrogen (secondary N) is 1. The summed E-state index contributed by atoms with van der Waals surface area (Å²) in [7, 11) is 0. The number of benzene rings is 1. The Bertz CT molecular complexity index is 328. The summed E-state index contributed by atoms with van der Waals surface area (Å²) in [6, 6.07) is 7.17. The van der Waals surface area contributed by atoms with Crippen molar-refractivity contribution in [2.45, 2.75) is 39.7 Å². The van der Waals surface area contributed by atoms with Gasteiger partial charge in [0.05, 0.1) is 0 Å². The van der Waals surface area contributed by atoms with Gasteiger partial charge in [-0.3, -0.25) is 0 Å². The molecule has 1 rings (SSSR count). The lowest BCUT2D eigenvalue weighted by Gasteiger charge is -2.21. The zero-order valence-corrected chi connectivity index (χ0v) is 12.4. The molecule has 0 fully saturated rings. The van der Waals surface area contributed by atoms with Crippen molar-refractivity contribution in [3.05, 3.63) is 34.9 Å². The predicted molar refractivity (Wildman–Crippen MR) is 79.9 cm³/mol. The van der Waals surface area contributed by atoms with Gasteiger partial charge in [-0.2, -0.15) is 11.8 Å². The molecule has 1 unspecified atom stereocenters. The summed E-state index contributed by atoms with van der Waals surface area (Å²) in [5, 5.41) is 3.68. The summed E-state index contributed by atoms with van der Waals surface area (Å²) >= 11 is 1.93. The smallest absolute Gasteiger partial charge is 0.0330 e. The Labute approximate surface area is 110 Å².